The third-order valence-corrected chi connectivity index (χ3v) is 2.51. The van der Waals surface area contributed by atoms with Crippen LogP contribution < -0.4 is 5.73 Å². The van der Waals surface area contributed by atoms with E-state index in [1.165, 1.54) is 0 Å². The summed E-state index contributed by atoms with van der Waals surface area (Å²) >= 11 is 0. The molecule has 17 heavy (non-hydrogen) atoms. The van der Waals surface area contributed by atoms with Gasteiger partial charge in [-0.15, -0.1) is 0 Å². The van der Waals surface area contributed by atoms with Crippen molar-refractivity contribution in [1.82, 2.24) is 15.0 Å². The SMILES string of the molecule is Nc1nc2ccccc2nc1-c1ccccn1. The number of pyridine rings is 1. The minimum Gasteiger partial charge on any atom is -0.382 e. The molecule has 0 aliphatic rings. The first-order valence-corrected chi connectivity index (χ1v) is 5.28. The van der Waals surface area contributed by atoms with Gasteiger partial charge in [0.15, 0.2) is 5.82 Å². The zero-order valence-electron chi connectivity index (χ0n) is 9.04. The van der Waals surface area contributed by atoms with Crippen LogP contribution in [-0.2, 0) is 0 Å². The molecule has 4 heteroatoms. The fourth-order valence-corrected chi connectivity index (χ4v) is 1.71. The van der Waals surface area contributed by atoms with Crippen molar-refractivity contribution in [2.45, 2.75) is 0 Å². The predicted molar refractivity (Wildman–Crippen MR) is 67.2 cm³/mol. The van der Waals surface area contributed by atoms with E-state index in [0.29, 0.717) is 11.5 Å². The van der Waals surface area contributed by atoms with E-state index >= 15 is 0 Å². The lowest BCUT2D eigenvalue weighted by atomic mass is 10.2. The Balaban J connectivity index is 2.27. The molecule has 0 aliphatic carbocycles. The first-order chi connectivity index (χ1) is 8.34. The summed E-state index contributed by atoms with van der Waals surface area (Å²) in [6.07, 6.45) is 1.71. The van der Waals surface area contributed by atoms with Gasteiger partial charge in [-0.3, -0.25) is 4.98 Å². The minimum atomic E-state index is 0.405. The van der Waals surface area contributed by atoms with Crippen LogP contribution in [0.25, 0.3) is 22.4 Å². The van der Waals surface area contributed by atoms with Crippen LogP contribution in [0, 0.1) is 0 Å². The van der Waals surface area contributed by atoms with Gasteiger partial charge < -0.3 is 5.73 Å². The second-order valence-corrected chi connectivity index (χ2v) is 3.66. The summed E-state index contributed by atoms with van der Waals surface area (Å²) in [5, 5.41) is 0. The highest BCUT2D eigenvalue weighted by molar-refractivity contribution is 5.81. The maximum absolute atomic E-state index is 5.91. The topological polar surface area (TPSA) is 64.7 Å². The fourth-order valence-electron chi connectivity index (χ4n) is 1.71. The van der Waals surface area contributed by atoms with Crippen molar-refractivity contribution in [2.24, 2.45) is 0 Å². The molecule has 3 rings (SSSR count). The number of hydrogen-bond acceptors (Lipinski definition) is 4. The Hall–Kier alpha value is -2.49. The first-order valence-electron chi connectivity index (χ1n) is 5.28. The molecule has 1 aromatic carbocycles. The van der Waals surface area contributed by atoms with Crippen molar-refractivity contribution in [2.75, 3.05) is 5.73 Å². The molecule has 0 bridgehead atoms. The standard InChI is InChI=1S/C13H10N4/c14-13-12(11-7-3-4-8-15-11)16-9-5-1-2-6-10(9)17-13/h1-8H,(H2,14,17). The summed E-state index contributed by atoms with van der Waals surface area (Å²) in [6.45, 7) is 0. The molecule has 0 atom stereocenters. The summed E-state index contributed by atoms with van der Waals surface area (Å²) in [4.78, 5) is 13.1. The van der Waals surface area contributed by atoms with E-state index < -0.39 is 0 Å². The molecular weight excluding hydrogens is 212 g/mol. The van der Waals surface area contributed by atoms with Gasteiger partial charge in [-0.25, -0.2) is 9.97 Å². The van der Waals surface area contributed by atoms with Crippen molar-refractivity contribution < 1.29 is 0 Å². The molecular formula is C13H10N4. The smallest absolute Gasteiger partial charge is 0.152 e. The van der Waals surface area contributed by atoms with E-state index in [1.807, 2.05) is 42.5 Å². The summed E-state index contributed by atoms with van der Waals surface area (Å²) in [6, 6.07) is 13.3. The summed E-state index contributed by atoms with van der Waals surface area (Å²) in [5.41, 5.74) is 8.89. The van der Waals surface area contributed by atoms with E-state index in [0.717, 1.165) is 16.7 Å². The molecule has 0 fully saturated rings. The number of hydrogen-bond donors (Lipinski definition) is 1. The van der Waals surface area contributed by atoms with E-state index in [4.69, 9.17) is 5.73 Å². The van der Waals surface area contributed by atoms with Crippen LogP contribution in [0.5, 0.6) is 0 Å². The van der Waals surface area contributed by atoms with Gasteiger partial charge in [0.25, 0.3) is 0 Å². The van der Waals surface area contributed by atoms with E-state index in [-0.39, 0.29) is 0 Å². The summed E-state index contributed by atoms with van der Waals surface area (Å²) < 4.78 is 0. The van der Waals surface area contributed by atoms with E-state index in [9.17, 15) is 0 Å². The number of nitrogens with zero attached hydrogens (tertiary/aromatic N) is 3. The molecule has 4 nitrogen and oxygen atoms in total. The van der Waals surface area contributed by atoms with Crippen molar-refractivity contribution >= 4 is 16.9 Å². The molecule has 0 saturated carbocycles. The minimum absolute atomic E-state index is 0.405. The maximum Gasteiger partial charge on any atom is 0.152 e. The lowest BCUT2D eigenvalue weighted by molar-refractivity contribution is 1.24. The normalized spacial score (nSPS) is 10.6. The van der Waals surface area contributed by atoms with Gasteiger partial charge in [0, 0.05) is 6.20 Å². The number of aromatic nitrogens is 3. The fraction of sp³-hybridized carbons (Fsp3) is 0. The molecule has 2 heterocycles. The second-order valence-electron chi connectivity index (χ2n) is 3.66. The highest BCUT2D eigenvalue weighted by Crippen LogP contribution is 2.22. The molecule has 0 unspecified atom stereocenters. The molecule has 3 aromatic rings. The monoisotopic (exact) mass is 222 g/mol. The number of benzene rings is 1. The second kappa shape index (κ2) is 3.83. The largest absolute Gasteiger partial charge is 0.382 e. The average molecular weight is 222 g/mol. The molecule has 2 N–H and O–H groups in total. The van der Waals surface area contributed by atoms with E-state index in [2.05, 4.69) is 15.0 Å². The van der Waals surface area contributed by atoms with Crippen molar-refractivity contribution in [3.63, 3.8) is 0 Å². The van der Waals surface area contributed by atoms with Crippen LogP contribution in [-0.4, -0.2) is 15.0 Å². The quantitative estimate of drug-likeness (QED) is 0.686. The van der Waals surface area contributed by atoms with Gasteiger partial charge in [0.05, 0.1) is 16.7 Å². The number of para-hydroxylation sites is 2. The summed E-state index contributed by atoms with van der Waals surface area (Å²) in [7, 11) is 0. The lowest BCUT2D eigenvalue weighted by Gasteiger charge is -2.05. The maximum atomic E-state index is 5.91. The van der Waals surface area contributed by atoms with Crippen LogP contribution in [0.15, 0.2) is 48.7 Å². The zero-order valence-corrected chi connectivity index (χ0v) is 9.04. The highest BCUT2D eigenvalue weighted by Gasteiger charge is 2.08. The third-order valence-electron chi connectivity index (χ3n) is 2.51. The Labute approximate surface area is 98.2 Å². The predicted octanol–water partition coefficient (Wildman–Crippen LogP) is 2.27. The van der Waals surface area contributed by atoms with Gasteiger partial charge in [0.2, 0.25) is 0 Å². The van der Waals surface area contributed by atoms with Crippen LogP contribution in [0.3, 0.4) is 0 Å². The van der Waals surface area contributed by atoms with Gasteiger partial charge in [-0.05, 0) is 24.3 Å². The van der Waals surface area contributed by atoms with E-state index in [1.54, 1.807) is 6.20 Å². The number of nitrogen functional groups attached to an aromatic ring is 1. The lowest BCUT2D eigenvalue weighted by Crippen LogP contribution is -1.99. The first kappa shape index (κ1) is 9.72. The number of nitrogens with two attached hydrogens (primary N) is 1. The van der Waals surface area contributed by atoms with Gasteiger partial charge in [-0.1, -0.05) is 18.2 Å². The molecule has 2 aromatic heterocycles. The summed E-state index contributed by atoms with van der Waals surface area (Å²) in [5.74, 6) is 0.405. The average Bonchev–Trinajstić information content (AvgIpc) is 2.39. The van der Waals surface area contributed by atoms with Crippen LogP contribution in [0.2, 0.25) is 0 Å². The molecule has 0 amide bonds. The highest BCUT2D eigenvalue weighted by atomic mass is 14.9. The Bertz CT molecular complexity index is 665. The molecule has 0 aliphatic heterocycles. The molecule has 0 spiro atoms. The Morgan fingerprint density at radius 1 is 0.824 bits per heavy atom. The zero-order chi connectivity index (χ0) is 11.7. The number of fused-ring (bicyclic) bond motifs is 1. The van der Waals surface area contributed by atoms with Crippen molar-refractivity contribution in [3.8, 4) is 11.4 Å². The van der Waals surface area contributed by atoms with Crippen molar-refractivity contribution in [1.29, 1.82) is 0 Å². The molecule has 0 saturated heterocycles. The van der Waals surface area contributed by atoms with Crippen molar-refractivity contribution in [3.05, 3.63) is 48.7 Å². The van der Waals surface area contributed by atoms with Crippen LogP contribution in [0.1, 0.15) is 0 Å². The van der Waals surface area contributed by atoms with Gasteiger partial charge in [0.1, 0.15) is 5.69 Å². The van der Waals surface area contributed by atoms with Gasteiger partial charge >= 0.3 is 0 Å². The van der Waals surface area contributed by atoms with Crippen LogP contribution in [0.4, 0.5) is 5.82 Å². The van der Waals surface area contributed by atoms with Gasteiger partial charge in [-0.2, -0.15) is 0 Å². The number of anilines is 1. The Morgan fingerprint density at radius 3 is 2.24 bits per heavy atom. The van der Waals surface area contributed by atoms with Crippen LogP contribution >= 0.6 is 0 Å². The molecule has 0 radical (unpaired) electrons. The Kier molecular flexibility index (Phi) is 2.19. The third kappa shape index (κ3) is 1.69. The number of rotatable bonds is 1. The Morgan fingerprint density at radius 2 is 1.53 bits per heavy atom. The molecule has 82 valence electrons.